The van der Waals surface area contributed by atoms with Crippen LogP contribution in [0.3, 0.4) is 0 Å². The third-order valence-corrected chi connectivity index (χ3v) is 3.54. The molecule has 1 aromatic carbocycles. The van der Waals surface area contributed by atoms with Gasteiger partial charge in [-0.2, -0.15) is 0 Å². The van der Waals surface area contributed by atoms with Crippen LogP contribution in [0.4, 0.5) is 5.69 Å². The van der Waals surface area contributed by atoms with E-state index in [0.29, 0.717) is 17.9 Å². The molecule has 0 spiro atoms. The molecule has 1 aliphatic heterocycles. The lowest BCUT2D eigenvalue weighted by atomic mass is 9.97. The highest BCUT2D eigenvalue weighted by Gasteiger charge is 2.20. The Morgan fingerprint density at radius 3 is 2.52 bits per heavy atom. The number of piperidine rings is 1. The minimum absolute atomic E-state index is 0.0535. The Bertz CT molecular complexity index is 479. The summed E-state index contributed by atoms with van der Waals surface area (Å²) in [5.74, 6) is -0.202. The number of carbonyl (C=O) groups excluding carboxylic acids is 2. The van der Waals surface area contributed by atoms with Crippen LogP contribution in [-0.2, 0) is 9.53 Å². The van der Waals surface area contributed by atoms with Crippen LogP contribution in [0.25, 0.3) is 0 Å². The fraction of sp³-hybridized carbons (Fsp3) is 0.500. The van der Waals surface area contributed by atoms with Crippen LogP contribution in [-0.4, -0.2) is 31.6 Å². The molecule has 21 heavy (non-hydrogen) atoms. The summed E-state index contributed by atoms with van der Waals surface area (Å²) in [7, 11) is 0. The first-order valence-electron chi connectivity index (χ1n) is 7.49. The Balaban J connectivity index is 1.89. The lowest BCUT2D eigenvalue weighted by molar-refractivity contribution is -0.120. The third-order valence-electron chi connectivity index (χ3n) is 3.54. The van der Waals surface area contributed by atoms with E-state index in [-0.39, 0.29) is 17.8 Å². The molecular weight excluding hydrogens is 268 g/mol. The molecule has 0 aliphatic carbocycles. The molecule has 5 nitrogen and oxygen atoms in total. The van der Waals surface area contributed by atoms with E-state index < -0.39 is 0 Å². The first kappa shape index (κ1) is 15.5. The summed E-state index contributed by atoms with van der Waals surface area (Å²) in [6.45, 7) is 4.15. The molecule has 1 aliphatic rings. The predicted molar refractivity (Wildman–Crippen MR) is 81.2 cm³/mol. The summed E-state index contributed by atoms with van der Waals surface area (Å²) >= 11 is 0. The molecule has 1 saturated heterocycles. The molecule has 0 bridgehead atoms. The van der Waals surface area contributed by atoms with Crippen molar-refractivity contribution in [1.82, 2.24) is 5.32 Å². The summed E-state index contributed by atoms with van der Waals surface area (Å²) in [6, 6.07) is 6.83. The number of hydrogen-bond donors (Lipinski definition) is 2. The van der Waals surface area contributed by atoms with E-state index >= 15 is 0 Å². The zero-order chi connectivity index (χ0) is 15.1. The van der Waals surface area contributed by atoms with Crippen molar-refractivity contribution < 1.29 is 14.3 Å². The van der Waals surface area contributed by atoms with Gasteiger partial charge in [-0.3, -0.25) is 4.79 Å². The molecule has 1 aromatic rings. The quantitative estimate of drug-likeness (QED) is 0.816. The van der Waals surface area contributed by atoms with Crippen molar-refractivity contribution in [3.05, 3.63) is 29.8 Å². The number of benzene rings is 1. The average molecular weight is 290 g/mol. The number of esters is 1. The number of rotatable bonds is 5. The second kappa shape index (κ2) is 7.78. The standard InChI is InChI=1S/C16H22N2O3/c1-2-11-21-16(20)13-3-5-14(6-4-13)18-15(19)12-7-9-17-10-8-12/h3-6,12,17H,2,7-11H2,1H3,(H,18,19). The van der Waals surface area contributed by atoms with E-state index in [1.807, 2.05) is 6.92 Å². The SMILES string of the molecule is CCCOC(=O)c1ccc(NC(=O)C2CCNCC2)cc1. The molecule has 2 rings (SSSR count). The van der Waals surface area contributed by atoms with Gasteiger partial charge in [0.1, 0.15) is 0 Å². The van der Waals surface area contributed by atoms with Crippen molar-refractivity contribution in [1.29, 1.82) is 0 Å². The topological polar surface area (TPSA) is 67.4 Å². The van der Waals surface area contributed by atoms with E-state index in [0.717, 1.165) is 32.4 Å². The molecule has 1 heterocycles. The Kier molecular flexibility index (Phi) is 5.75. The van der Waals surface area contributed by atoms with Crippen molar-refractivity contribution in [3.8, 4) is 0 Å². The largest absolute Gasteiger partial charge is 0.462 e. The van der Waals surface area contributed by atoms with Crippen LogP contribution in [0.1, 0.15) is 36.5 Å². The molecule has 0 unspecified atom stereocenters. The van der Waals surface area contributed by atoms with E-state index in [1.165, 1.54) is 0 Å². The summed E-state index contributed by atoms with van der Waals surface area (Å²) in [4.78, 5) is 23.8. The highest BCUT2D eigenvalue weighted by molar-refractivity contribution is 5.94. The highest BCUT2D eigenvalue weighted by atomic mass is 16.5. The molecule has 1 fully saturated rings. The normalized spacial score (nSPS) is 15.5. The van der Waals surface area contributed by atoms with Gasteiger partial charge in [-0.1, -0.05) is 6.92 Å². The maximum atomic E-state index is 12.1. The zero-order valence-corrected chi connectivity index (χ0v) is 12.4. The second-order valence-electron chi connectivity index (χ2n) is 5.23. The van der Waals surface area contributed by atoms with Gasteiger partial charge in [0.05, 0.1) is 12.2 Å². The van der Waals surface area contributed by atoms with Crippen molar-refractivity contribution in [2.75, 3.05) is 25.0 Å². The highest BCUT2D eigenvalue weighted by Crippen LogP contribution is 2.16. The average Bonchev–Trinajstić information content (AvgIpc) is 2.54. The van der Waals surface area contributed by atoms with Crippen LogP contribution in [0.2, 0.25) is 0 Å². The van der Waals surface area contributed by atoms with Gasteiger partial charge in [-0.05, 0) is 56.6 Å². The van der Waals surface area contributed by atoms with E-state index in [9.17, 15) is 9.59 Å². The molecule has 114 valence electrons. The predicted octanol–water partition coefficient (Wildman–Crippen LogP) is 2.19. The van der Waals surface area contributed by atoms with E-state index in [1.54, 1.807) is 24.3 Å². The number of amides is 1. The fourth-order valence-electron chi connectivity index (χ4n) is 2.30. The number of anilines is 1. The molecule has 0 aromatic heterocycles. The maximum Gasteiger partial charge on any atom is 0.338 e. The van der Waals surface area contributed by atoms with Gasteiger partial charge in [0, 0.05) is 11.6 Å². The maximum absolute atomic E-state index is 12.1. The Morgan fingerprint density at radius 1 is 1.24 bits per heavy atom. The van der Waals surface area contributed by atoms with E-state index in [4.69, 9.17) is 4.74 Å². The molecule has 0 atom stereocenters. The van der Waals surface area contributed by atoms with Gasteiger partial charge in [0.25, 0.3) is 0 Å². The molecule has 0 radical (unpaired) electrons. The number of hydrogen-bond acceptors (Lipinski definition) is 4. The number of ether oxygens (including phenoxy) is 1. The summed E-state index contributed by atoms with van der Waals surface area (Å²) in [5, 5.41) is 6.14. The van der Waals surface area contributed by atoms with Crippen LogP contribution in [0, 0.1) is 5.92 Å². The summed E-state index contributed by atoms with van der Waals surface area (Å²) in [5.41, 5.74) is 1.22. The summed E-state index contributed by atoms with van der Waals surface area (Å²) in [6.07, 6.45) is 2.54. The van der Waals surface area contributed by atoms with Gasteiger partial charge < -0.3 is 15.4 Å². The summed E-state index contributed by atoms with van der Waals surface area (Å²) < 4.78 is 5.06. The molecule has 0 saturated carbocycles. The Labute approximate surface area is 125 Å². The monoisotopic (exact) mass is 290 g/mol. The number of carbonyl (C=O) groups is 2. The van der Waals surface area contributed by atoms with Gasteiger partial charge in [-0.15, -0.1) is 0 Å². The molecule has 2 N–H and O–H groups in total. The Hall–Kier alpha value is -1.88. The van der Waals surface area contributed by atoms with Crippen LogP contribution < -0.4 is 10.6 Å². The second-order valence-corrected chi connectivity index (χ2v) is 5.23. The molecule has 1 amide bonds. The van der Waals surface area contributed by atoms with Crippen LogP contribution in [0.15, 0.2) is 24.3 Å². The zero-order valence-electron chi connectivity index (χ0n) is 12.4. The van der Waals surface area contributed by atoms with Gasteiger partial charge in [0.2, 0.25) is 5.91 Å². The van der Waals surface area contributed by atoms with Crippen LogP contribution >= 0.6 is 0 Å². The minimum atomic E-state index is -0.326. The van der Waals surface area contributed by atoms with E-state index in [2.05, 4.69) is 10.6 Å². The van der Waals surface area contributed by atoms with Crippen molar-refractivity contribution in [2.45, 2.75) is 26.2 Å². The number of nitrogens with one attached hydrogen (secondary N) is 2. The van der Waals surface area contributed by atoms with Crippen molar-refractivity contribution >= 4 is 17.6 Å². The van der Waals surface area contributed by atoms with Gasteiger partial charge in [0.15, 0.2) is 0 Å². The fourth-order valence-corrected chi connectivity index (χ4v) is 2.30. The Morgan fingerprint density at radius 2 is 1.90 bits per heavy atom. The van der Waals surface area contributed by atoms with Crippen molar-refractivity contribution in [2.24, 2.45) is 5.92 Å². The molecule has 5 heteroatoms. The molecular formula is C16H22N2O3. The first-order chi connectivity index (χ1) is 10.2. The smallest absolute Gasteiger partial charge is 0.338 e. The van der Waals surface area contributed by atoms with Crippen LogP contribution in [0.5, 0.6) is 0 Å². The minimum Gasteiger partial charge on any atom is -0.462 e. The van der Waals surface area contributed by atoms with Crippen molar-refractivity contribution in [3.63, 3.8) is 0 Å². The van der Waals surface area contributed by atoms with Gasteiger partial charge in [-0.25, -0.2) is 4.79 Å². The third kappa shape index (κ3) is 4.56. The first-order valence-corrected chi connectivity index (χ1v) is 7.49. The lowest BCUT2D eigenvalue weighted by Crippen LogP contribution is -2.34. The lowest BCUT2D eigenvalue weighted by Gasteiger charge is -2.21. The van der Waals surface area contributed by atoms with Gasteiger partial charge >= 0.3 is 5.97 Å².